The van der Waals surface area contributed by atoms with Gasteiger partial charge in [-0.15, -0.1) is 12.4 Å². The van der Waals surface area contributed by atoms with Crippen molar-refractivity contribution in [3.8, 4) is 0 Å². The first-order valence-electron chi connectivity index (χ1n) is 6.13. The van der Waals surface area contributed by atoms with Crippen LogP contribution in [0.5, 0.6) is 0 Å². The Labute approximate surface area is 124 Å². The highest BCUT2D eigenvalue weighted by atomic mass is 35.5. The molecule has 1 aromatic rings. The van der Waals surface area contributed by atoms with Gasteiger partial charge >= 0.3 is 0 Å². The summed E-state index contributed by atoms with van der Waals surface area (Å²) in [6, 6.07) is 7.00. The van der Waals surface area contributed by atoms with Crippen molar-refractivity contribution >= 4 is 35.7 Å². The number of hydrogen-bond donors (Lipinski definition) is 0. The lowest BCUT2D eigenvalue weighted by Crippen LogP contribution is -2.39. The third kappa shape index (κ3) is 3.95. The first kappa shape index (κ1) is 16.0. The average Bonchev–Trinajstić information content (AvgIpc) is 2.39. The van der Waals surface area contributed by atoms with E-state index in [1.54, 1.807) is 36.1 Å². The molecule has 1 aliphatic heterocycles. The van der Waals surface area contributed by atoms with Crippen molar-refractivity contribution < 1.29 is 9.59 Å². The van der Waals surface area contributed by atoms with Gasteiger partial charge in [0.15, 0.2) is 5.78 Å². The molecule has 0 spiro atoms. The number of likely N-dealkylation sites (tertiary alicyclic amines) is 1. The van der Waals surface area contributed by atoms with Gasteiger partial charge in [0.1, 0.15) is 0 Å². The molecule has 0 bridgehead atoms. The Morgan fingerprint density at radius 1 is 1.16 bits per heavy atom. The number of carbonyl (C=O) groups is 2. The number of nitrogens with zero attached hydrogens (tertiary/aromatic N) is 1. The molecule has 0 saturated carbocycles. The van der Waals surface area contributed by atoms with Crippen LogP contribution in [-0.2, 0) is 4.79 Å². The van der Waals surface area contributed by atoms with Crippen LogP contribution in [0.2, 0.25) is 5.02 Å². The third-order valence-corrected chi connectivity index (χ3v) is 3.69. The zero-order valence-corrected chi connectivity index (χ0v) is 12.3. The summed E-state index contributed by atoms with van der Waals surface area (Å²) in [4.78, 5) is 25.2. The molecule has 3 nitrogen and oxygen atoms in total. The van der Waals surface area contributed by atoms with E-state index in [4.69, 9.17) is 11.6 Å². The topological polar surface area (TPSA) is 37.4 Å². The number of Topliss-reactive ketones (excluding diaryl/α,β-unsaturated/α-hetero) is 1. The SMILES string of the molecule is CC(=O)N1CCC(C(=O)c2ccc(Cl)cc2)CC1.Cl. The highest BCUT2D eigenvalue weighted by molar-refractivity contribution is 6.30. The van der Waals surface area contributed by atoms with E-state index in [1.165, 1.54) is 0 Å². The van der Waals surface area contributed by atoms with Gasteiger partial charge in [-0.2, -0.15) is 0 Å². The van der Waals surface area contributed by atoms with Crippen LogP contribution >= 0.6 is 24.0 Å². The molecule has 2 rings (SSSR count). The Balaban J connectivity index is 0.00000180. The number of amides is 1. The van der Waals surface area contributed by atoms with E-state index in [2.05, 4.69) is 0 Å². The molecule has 5 heteroatoms. The summed E-state index contributed by atoms with van der Waals surface area (Å²) in [7, 11) is 0. The molecule has 1 fully saturated rings. The van der Waals surface area contributed by atoms with Crippen LogP contribution in [0.4, 0.5) is 0 Å². The zero-order valence-electron chi connectivity index (χ0n) is 10.8. The minimum absolute atomic E-state index is 0. The Kier molecular flexibility index (Phi) is 5.83. The number of benzene rings is 1. The predicted octanol–water partition coefficient (Wildman–Crippen LogP) is 3.20. The number of halogens is 2. The lowest BCUT2D eigenvalue weighted by Gasteiger charge is -2.30. The van der Waals surface area contributed by atoms with Gasteiger partial charge in [0, 0.05) is 36.5 Å². The van der Waals surface area contributed by atoms with Crippen molar-refractivity contribution in [3.05, 3.63) is 34.9 Å². The molecule has 1 saturated heterocycles. The fraction of sp³-hybridized carbons (Fsp3) is 0.429. The van der Waals surface area contributed by atoms with E-state index in [-0.39, 0.29) is 30.0 Å². The van der Waals surface area contributed by atoms with Gasteiger partial charge < -0.3 is 4.90 Å². The van der Waals surface area contributed by atoms with Crippen LogP contribution in [0.3, 0.4) is 0 Å². The lowest BCUT2D eigenvalue weighted by molar-refractivity contribution is -0.130. The van der Waals surface area contributed by atoms with Crippen molar-refractivity contribution in [2.45, 2.75) is 19.8 Å². The summed E-state index contributed by atoms with van der Waals surface area (Å²) in [6.07, 6.45) is 1.50. The van der Waals surface area contributed by atoms with Crippen molar-refractivity contribution in [1.29, 1.82) is 0 Å². The number of hydrogen-bond acceptors (Lipinski definition) is 2. The second-order valence-electron chi connectivity index (χ2n) is 4.65. The molecule has 0 aromatic heterocycles. The summed E-state index contributed by atoms with van der Waals surface area (Å²) in [5, 5.41) is 0.637. The maximum atomic E-state index is 12.2. The number of ketones is 1. The molecule has 0 unspecified atom stereocenters. The summed E-state index contributed by atoms with van der Waals surface area (Å²) in [5.74, 6) is 0.282. The van der Waals surface area contributed by atoms with Gasteiger partial charge in [0.25, 0.3) is 0 Å². The van der Waals surface area contributed by atoms with Gasteiger partial charge in [-0.3, -0.25) is 9.59 Å². The van der Waals surface area contributed by atoms with E-state index < -0.39 is 0 Å². The largest absolute Gasteiger partial charge is 0.343 e. The first-order chi connectivity index (χ1) is 8.58. The standard InChI is InChI=1S/C14H16ClNO2.ClH/c1-10(17)16-8-6-12(7-9-16)14(18)11-2-4-13(15)5-3-11;/h2-5,12H,6-9H2,1H3;1H. The normalized spacial score (nSPS) is 15.8. The second kappa shape index (κ2) is 6.92. The zero-order chi connectivity index (χ0) is 13.1. The number of carbonyl (C=O) groups excluding carboxylic acids is 2. The van der Waals surface area contributed by atoms with Crippen LogP contribution < -0.4 is 0 Å². The second-order valence-corrected chi connectivity index (χ2v) is 5.09. The van der Waals surface area contributed by atoms with Gasteiger partial charge in [0.05, 0.1) is 0 Å². The predicted molar refractivity (Wildman–Crippen MR) is 78.0 cm³/mol. The third-order valence-electron chi connectivity index (χ3n) is 3.44. The molecule has 1 aliphatic rings. The van der Waals surface area contributed by atoms with Gasteiger partial charge in [-0.25, -0.2) is 0 Å². The fourth-order valence-corrected chi connectivity index (χ4v) is 2.43. The molecule has 104 valence electrons. The van der Waals surface area contributed by atoms with E-state index in [0.29, 0.717) is 23.7 Å². The Morgan fingerprint density at radius 3 is 2.16 bits per heavy atom. The lowest BCUT2D eigenvalue weighted by atomic mass is 9.89. The molecular formula is C14H17Cl2NO2. The van der Waals surface area contributed by atoms with Crippen molar-refractivity contribution in [2.75, 3.05) is 13.1 Å². The minimum Gasteiger partial charge on any atom is -0.343 e. The molecule has 0 aliphatic carbocycles. The Hall–Kier alpha value is -1.06. The molecular weight excluding hydrogens is 285 g/mol. The van der Waals surface area contributed by atoms with E-state index in [1.807, 2.05) is 0 Å². The van der Waals surface area contributed by atoms with Gasteiger partial charge in [0.2, 0.25) is 5.91 Å². The number of piperidine rings is 1. The highest BCUT2D eigenvalue weighted by Gasteiger charge is 2.26. The molecule has 0 atom stereocenters. The molecule has 1 aromatic carbocycles. The monoisotopic (exact) mass is 301 g/mol. The van der Waals surface area contributed by atoms with Crippen LogP contribution in [0.1, 0.15) is 30.1 Å². The molecule has 1 heterocycles. The fourth-order valence-electron chi connectivity index (χ4n) is 2.31. The summed E-state index contributed by atoms with van der Waals surface area (Å²) in [6.45, 7) is 2.93. The maximum Gasteiger partial charge on any atom is 0.219 e. The summed E-state index contributed by atoms with van der Waals surface area (Å²) < 4.78 is 0. The van der Waals surface area contributed by atoms with Crippen LogP contribution in [-0.4, -0.2) is 29.7 Å². The number of rotatable bonds is 2. The minimum atomic E-state index is 0. The van der Waals surface area contributed by atoms with Crippen LogP contribution in [0.15, 0.2) is 24.3 Å². The Morgan fingerprint density at radius 2 is 1.68 bits per heavy atom. The molecule has 0 N–H and O–H groups in total. The van der Waals surface area contributed by atoms with Crippen LogP contribution in [0, 0.1) is 5.92 Å². The molecule has 19 heavy (non-hydrogen) atoms. The van der Waals surface area contributed by atoms with E-state index in [9.17, 15) is 9.59 Å². The molecule has 1 amide bonds. The van der Waals surface area contributed by atoms with E-state index >= 15 is 0 Å². The van der Waals surface area contributed by atoms with Crippen molar-refractivity contribution in [2.24, 2.45) is 5.92 Å². The average molecular weight is 302 g/mol. The summed E-state index contributed by atoms with van der Waals surface area (Å²) in [5.41, 5.74) is 0.709. The van der Waals surface area contributed by atoms with Crippen LogP contribution in [0.25, 0.3) is 0 Å². The van der Waals surface area contributed by atoms with Crippen molar-refractivity contribution in [3.63, 3.8) is 0 Å². The van der Waals surface area contributed by atoms with Gasteiger partial charge in [-0.1, -0.05) is 11.6 Å². The molecule has 0 radical (unpaired) electrons. The van der Waals surface area contributed by atoms with Gasteiger partial charge in [-0.05, 0) is 37.1 Å². The quantitative estimate of drug-likeness (QED) is 0.787. The highest BCUT2D eigenvalue weighted by Crippen LogP contribution is 2.22. The van der Waals surface area contributed by atoms with Crippen molar-refractivity contribution in [1.82, 2.24) is 4.90 Å². The Bertz CT molecular complexity index is 451. The van der Waals surface area contributed by atoms with E-state index in [0.717, 1.165) is 12.8 Å². The first-order valence-corrected chi connectivity index (χ1v) is 6.51. The smallest absolute Gasteiger partial charge is 0.219 e. The summed E-state index contributed by atoms with van der Waals surface area (Å²) >= 11 is 5.80. The maximum absolute atomic E-state index is 12.2.